The molecule has 0 aromatic carbocycles. The first-order valence-corrected chi connectivity index (χ1v) is 10.4. The lowest BCUT2D eigenvalue weighted by atomic mass is 9.99. The molecule has 6 heteroatoms. The van der Waals surface area contributed by atoms with Gasteiger partial charge in [0, 0.05) is 11.4 Å². The predicted octanol–water partition coefficient (Wildman–Crippen LogP) is 4.17. The minimum atomic E-state index is -0.0259. The second kappa shape index (κ2) is 9.78. The van der Waals surface area contributed by atoms with Crippen LogP contribution in [0.2, 0.25) is 0 Å². The van der Waals surface area contributed by atoms with E-state index in [0.717, 1.165) is 24.6 Å². The van der Waals surface area contributed by atoms with Gasteiger partial charge in [-0.15, -0.1) is 11.3 Å². The van der Waals surface area contributed by atoms with Crippen LogP contribution in [-0.4, -0.2) is 42.0 Å². The average Bonchev–Trinajstić information content (AvgIpc) is 3.33. The van der Waals surface area contributed by atoms with E-state index in [1.807, 2.05) is 28.5 Å². The van der Waals surface area contributed by atoms with E-state index in [-0.39, 0.29) is 6.03 Å². The number of hydrogen-bond acceptors (Lipinski definition) is 4. The number of carbonyl (C=O) groups excluding carboxylic acids is 1. The van der Waals surface area contributed by atoms with E-state index < -0.39 is 0 Å². The summed E-state index contributed by atoms with van der Waals surface area (Å²) in [6.07, 6.45) is 5.23. The van der Waals surface area contributed by atoms with Crippen molar-refractivity contribution in [1.82, 2.24) is 15.1 Å². The van der Waals surface area contributed by atoms with Crippen LogP contribution in [0.4, 0.5) is 4.79 Å². The summed E-state index contributed by atoms with van der Waals surface area (Å²) in [6.45, 7) is 7.59. The van der Waals surface area contributed by atoms with Crippen LogP contribution in [0.5, 0.6) is 0 Å². The maximum absolute atomic E-state index is 12.7. The Morgan fingerprint density at radius 1 is 1.31 bits per heavy atom. The maximum atomic E-state index is 12.7. The molecule has 1 aliphatic rings. The van der Waals surface area contributed by atoms with Crippen molar-refractivity contribution in [3.63, 3.8) is 0 Å². The van der Waals surface area contributed by atoms with Gasteiger partial charge in [0.25, 0.3) is 0 Å². The zero-order valence-corrected chi connectivity index (χ0v) is 16.3. The highest BCUT2D eigenvalue weighted by molar-refractivity contribution is 7.09. The van der Waals surface area contributed by atoms with E-state index in [1.54, 1.807) is 17.6 Å². The summed E-state index contributed by atoms with van der Waals surface area (Å²) in [7, 11) is 0. The number of likely N-dealkylation sites (tertiary alicyclic amines) is 1. The molecule has 2 amide bonds. The van der Waals surface area contributed by atoms with Crippen molar-refractivity contribution in [1.29, 1.82) is 0 Å². The predicted molar refractivity (Wildman–Crippen MR) is 105 cm³/mol. The number of urea groups is 1. The van der Waals surface area contributed by atoms with Crippen LogP contribution in [0.3, 0.4) is 0 Å². The molecule has 1 N–H and O–H groups in total. The highest BCUT2D eigenvalue weighted by Gasteiger charge is 2.17. The minimum absolute atomic E-state index is 0.0259. The van der Waals surface area contributed by atoms with E-state index in [0.29, 0.717) is 19.6 Å². The van der Waals surface area contributed by atoms with Gasteiger partial charge < -0.3 is 19.5 Å². The normalized spacial score (nSPS) is 15.9. The van der Waals surface area contributed by atoms with E-state index in [1.165, 1.54) is 30.8 Å². The Labute approximate surface area is 160 Å². The third kappa shape index (κ3) is 5.88. The number of carbonyl (C=O) groups is 1. The molecule has 2 aromatic rings. The number of rotatable bonds is 8. The fourth-order valence-electron chi connectivity index (χ4n) is 3.28. The zero-order chi connectivity index (χ0) is 18.2. The molecule has 142 valence electrons. The van der Waals surface area contributed by atoms with Gasteiger partial charge in [0.05, 0.1) is 19.4 Å². The van der Waals surface area contributed by atoms with Gasteiger partial charge in [-0.2, -0.15) is 0 Å². The topological polar surface area (TPSA) is 48.7 Å². The van der Waals surface area contributed by atoms with Gasteiger partial charge in [0.1, 0.15) is 5.76 Å². The smallest absolute Gasteiger partial charge is 0.318 e. The molecule has 0 saturated carbocycles. The quantitative estimate of drug-likeness (QED) is 0.704. The summed E-state index contributed by atoms with van der Waals surface area (Å²) < 4.78 is 5.42. The molecule has 1 saturated heterocycles. The standard InChI is InChI=1S/C20H29N3O2S/c1-17-7-11-22(12-8-17)10-4-9-21-20(24)23(15-18-5-2-13-25-18)16-19-6-3-14-26-19/h2-3,5-6,13-14,17H,4,7-12,15-16H2,1H3,(H,21,24). The molecule has 1 aliphatic heterocycles. The van der Waals surface area contributed by atoms with Crippen LogP contribution in [0.25, 0.3) is 0 Å². The molecule has 2 aromatic heterocycles. The van der Waals surface area contributed by atoms with Crippen molar-refractivity contribution in [3.05, 3.63) is 46.5 Å². The van der Waals surface area contributed by atoms with Gasteiger partial charge in [0.2, 0.25) is 0 Å². The van der Waals surface area contributed by atoms with Crippen molar-refractivity contribution >= 4 is 17.4 Å². The maximum Gasteiger partial charge on any atom is 0.318 e. The Hall–Kier alpha value is -1.79. The Balaban J connectivity index is 1.44. The van der Waals surface area contributed by atoms with Gasteiger partial charge in [0.15, 0.2) is 0 Å². The Kier molecular flexibility index (Phi) is 7.14. The molecule has 5 nitrogen and oxygen atoms in total. The molecule has 0 unspecified atom stereocenters. The SMILES string of the molecule is CC1CCN(CCCNC(=O)N(Cc2ccco2)Cc2cccs2)CC1. The lowest BCUT2D eigenvalue weighted by Gasteiger charge is -2.30. The Morgan fingerprint density at radius 2 is 2.15 bits per heavy atom. The fourth-order valence-corrected chi connectivity index (χ4v) is 4.00. The fraction of sp³-hybridized carbons (Fsp3) is 0.550. The van der Waals surface area contributed by atoms with Crippen LogP contribution in [0, 0.1) is 5.92 Å². The number of furan rings is 1. The van der Waals surface area contributed by atoms with Crippen molar-refractivity contribution in [2.45, 2.75) is 39.3 Å². The van der Waals surface area contributed by atoms with Crippen LogP contribution in [0.1, 0.15) is 36.8 Å². The molecule has 0 atom stereocenters. The van der Waals surface area contributed by atoms with Gasteiger partial charge in [-0.3, -0.25) is 0 Å². The highest BCUT2D eigenvalue weighted by atomic mass is 32.1. The van der Waals surface area contributed by atoms with Crippen molar-refractivity contribution in [3.8, 4) is 0 Å². The summed E-state index contributed by atoms with van der Waals surface area (Å²) in [5.41, 5.74) is 0. The van der Waals surface area contributed by atoms with E-state index in [4.69, 9.17) is 4.42 Å². The first-order valence-electron chi connectivity index (χ1n) is 9.50. The molecule has 0 aliphatic carbocycles. The average molecular weight is 376 g/mol. The molecule has 3 rings (SSSR count). The molecule has 1 fully saturated rings. The van der Waals surface area contributed by atoms with Gasteiger partial charge in [-0.25, -0.2) is 4.79 Å². The summed E-state index contributed by atoms with van der Waals surface area (Å²) in [5, 5.41) is 5.12. The van der Waals surface area contributed by atoms with E-state index >= 15 is 0 Å². The highest BCUT2D eigenvalue weighted by Crippen LogP contribution is 2.16. The Bertz CT molecular complexity index is 598. The number of amides is 2. The van der Waals surface area contributed by atoms with Gasteiger partial charge >= 0.3 is 6.03 Å². The number of nitrogens with one attached hydrogen (secondary N) is 1. The zero-order valence-electron chi connectivity index (χ0n) is 15.5. The number of piperidine rings is 1. The van der Waals surface area contributed by atoms with Crippen molar-refractivity contribution in [2.24, 2.45) is 5.92 Å². The van der Waals surface area contributed by atoms with Crippen LogP contribution in [0.15, 0.2) is 40.3 Å². The van der Waals surface area contributed by atoms with Crippen LogP contribution in [-0.2, 0) is 13.1 Å². The van der Waals surface area contributed by atoms with Crippen molar-refractivity contribution < 1.29 is 9.21 Å². The summed E-state index contributed by atoms with van der Waals surface area (Å²) in [5.74, 6) is 1.66. The summed E-state index contributed by atoms with van der Waals surface area (Å²) in [6, 6.07) is 7.82. The van der Waals surface area contributed by atoms with Crippen LogP contribution < -0.4 is 5.32 Å². The second-order valence-corrected chi connectivity index (χ2v) is 8.16. The monoisotopic (exact) mass is 375 g/mol. The van der Waals surface area contributed by atoms with Crippen LogP contribution >= 0.6 is 11.3 Å². The third-order valence-corrected chi connectivity index (χ3v) is 5.81. The van der Waals surface area contributed by atoms with Gasteiger partial charge in [-0.05, 0) is 68.4 Å². The largest absolute Gasteiger partial charge is 0.467 e. The third-order valence-electron chi connectivity index (χ3n) is 4.94. The minimum Gasteiger partial charge on any atom is -0.467 e. The molecular weight excluding hydrogens is 346 g/mol. The molecule has 0 spiro atoms. The Morgan fingerprint density at radius 3 is 2.85 bits per heavy atom. The lowest BCUT2D eigenvalue weighted by molar-refractivity contribution is 0.180. The first kappa shape index (κ1) is 19.0. The summed E-state index contributed by atoms with van der Waals surface area (Å²) in [4.78, 5) is 18.2. The molecule has 26 heavy (non-hydrogen) atoms. The molecule has 3 heterocycles. The summed E-state index contributed by atoms with van der Waals surface area (Å²) >= 11 is 1.67. The molecular formula is C20H29N3O2S. The number of nitrogens with zero attached hydrogens (tertiary/aromatic N) is 2. The van der Waals surface area contributed by atoms with E-state index in [2.05, 4.69) is 23.2 Å². The first-order chi connectivity index (χ1) is 12.7. The second-order valence-electron chi connectivity index (χ2n) is 7.12. The molecule has 0 bridgehead atoms. The van der Waals surface area contributed by atoms with Crippen molar-refractivity contribution in [2.75, 3.05) is 26.2 Å². The van der Waals surface area contributed by atoms with E-state index in [9.17, 15) is 4.79 Å². The number of thiophene rings is 1. The molecule has 0 radical (unpaired) electrons. The van der Waals surface area contributed by atoms with Gasteiger partial charge in [-0.1, -0.05) is 13.0 Å². The number of hydrogen-bond donors (Lipinski definition) is 1. The lowest BCUT2D eigenvalue weighted by Crippen LogP contribution is -2.40.